The topological polar surface area (TPSA) is 58.6 Å². The Labute approximate surface area is 164 Å². The normalized spacial score (nSPS) is 13.4. The molecule has 2 aromatic carbocycles. The first kappa shape index (κ1) is 19.9. The Hall–Kier alpha value is -2.89. The summed E-state index contributed by atoms with van der Waals surface area (Å²) < 4.78 is 18.6. The molecule has 148 valence electrons. The average molecular weight is 384 g/mol. The van der Waals surface area contributed by atoms with Gasteiger partial charge >= 0.3 is 0 Å². The molecule has 0 aliphatic carbocycles. The Morgan fingerprint density at radius 2 is 1.89 bits per heavy atom. The van der Waals surface area contributed by atoms with Gasteiger partial charge in [-0.2, -0.15) is 0 Å². The fraction of sp³-hybridized carbons (Fsp3) is 0.364. The molecule has 0 saturated carbocycles. The van der Waals surface area contributed by atoms with E-state index in [4.69, 9.17) is 4.74 Å². The van der Waals surface area contributed by atoms with Gasteiger partial charge in [0, 0.05) is 36.8 Å². The Bertz CT molecular complexity index is 847. The van der Waals surface area contributed by atoms with Crippen molar-refractivity contribution in [2.24, 2.45) is 0 Å². The van der Waals surface area contributed by atoms with E-state index < -0.39 is 0 Å². The van der Waals surface area contributed by atoms with E-state index in [1.165, 1.54) is 12.1 Å². The minimum Gasteiger partial charge on any atom is -0.493 e. The van der Waals surface area contributed by atoms with E-state index in [2.05, 4.69) is 5.32 Å². The molecule has 6 heteroatoms. The molecule has 1 N–H and O–H groups in total. The SMILES string of the molecule is Cc1c(NC(=O)CCCOc2cccc(F)c2)cccc1C(=O)N1CCCC1. The number of benzene rings is 2. The van der Waals surface area contributed by atoms with Crippen molar-refractivity contribution in [3.05, 3.63) is 59.4 Å². The molecule has 28 heavy (non-hydrogen) atoms. The average Bonchev–Trinajstić information content (AvgIpc) is 3.21. The lowest BCUT2D eigenvalue weighted by Gasteiger charge is -2.18. The highest BCUT2D eigenvalue weighted by Gasteiger charge is 2.21. The Kier molecular flexibility index (Phi) is 6.63. The van der Waals surface area contributed by atoms with Gasteiger partial charge in [0.2, 0.25) is 5.91 Å². The molecule has 1 aliphatic heterocycles. The number of ether oxygens (including phenoxy) is 1. The molecule has 0 unspecified atom stereocenters. The third-order valence-electron chi connectivity index (χ3n) is 4.84. The third-order valence-corrected chi connectivity index (χ3v) is 4.84. The van der Waals surface area contributed by atoms with Crippen LogP contribution in [0.25, 0.3) is 0 Å². The lowest BCUT2D eigenvalue weighted by molar-refractivity contribution is -0.116. The largest absolute Gasteiger partial charge is 0.493 e. The smallest absolute Gasteiger partial charge is 0.254 e. The standard InChI is InChI=1S/C22H25FN2O3/c1-16-19(22(27)25-12-2-3-13-25)9-5-10-20(16)24-21(26)11-6-14-28-18-8-4-7-17(23)15-18/h4-5,7-10,15H,2-3,6,11-14H2,1H3,(H,24,26). The number of hydrogen-bond donors (Lipinski definition) is 1. The lowest BCUT2D eigenvalue weighted by atomic mass is 10.1. The van der Waals surface area contributed by atoms with Crippen molar-refractivity contribution in [3.63, 3.8) is 0 Å². The van der Waals surface area contributed by atoms with Crippen LogP contribution in [-0.4, -0.2) is 36.4 Å². The van der Waals surface area contributed by atoms with E-state index in [9.17, 15) is 14.0 Å². The minimum absolute atomic E-state index is 0.0228. The molecule has 2 aromatic rings. The summed E-state index contributed by atoms with van der Waals surface area (Å²) in [6.45, 7) is 3.76. The van der Waals surface area contributed by atoms with E-state index in [0.717, 1.165) is 31.5 Å². The van der Waals surface area contributed by atoms with Crippen LogP contribution in [0.15, 0.2) is 42.5 Å². The second-order valence-electron chi connectivity index (χ2n) is 6.94. The van der Waals surface area contributed by atoms with Crippen LogP contribution in [0.2, 0.25) is 0 Å². The van der Waals surface area contributed by atoms with Gasteiger partial charge in [-0.05, 0) is 56.0 Å². The summed E-state index contributed by atoms with van der Waals surface area (Å²) in [5, 5.41) is 2.88. The molecule has 1 saturated heterocycles. The number of rotatable bonds is 7. The number of hydrogen-bond acceptors (Lipinski definition) is 3. The van der Waals surface area contributed by atoms with Crippen LogP contribution in [0.5, 0.6) is 5.75 Å². The van der Waals surface area contributed by atoms with Crippen molar-refractivity contribution >= 4 is 17.5 Å². The van der Waals surface area contributed by atoms with E-state index in [0.29, 0.717) is 30.0 Å². The number of likely N-dealkylation sites (tertiary alicyclic amines) is 1. The van der Waals surface area contributed by atoms with Crippen molar-refractivity contribution < 1.29 is 18.7 Å². The summed E-state index contributed by atoms with van der Waals surface area (Å²) in [6, 6.07) is 11.3. The van der Waals surface area contributed by atoms with Crippen molar-refractivity contribution in [3.8, 4) is 5.75 Å². The van der Waals surface area contributed by atoms with Crippen LogP contribution in [0, 0.1) is 12.7 Å². The van der Waals surface area contributed by atoms with Crippen molar-refractivity contribution in [2.45, 2.75) is 32.6 Å². The van der Waals surface area contributed by atoms with Gasteiger partial charge in [0.25, 0.3) is 5.91 Å². The van der Waals surface area contributed by atoms with Gasteiger partial charge < -0.3 is 15.0 Å². The third kappa shape index (κ3) is 5.09. The molecule has 0 bridgehead atoms. The lowest BCUT2D eigenvalue weighted by Crippen LogP contribution is -2.28. The molecule has 1 heterocycles. The fourth-order valence-electron chi connectivity index (χ4n) is 3.29. The van der Waals surface area contributed by atoms with Crippen molar-refractivity contribution in [1.29, 1.82) is 0 Å². The van der Waals surface area contributed by atoms with Gasteiger partial charge in [-0.3, -0.25) is 9.59 Å². The van der Waals surface area contributed by atoms with Crippen molar-refractivity contribution in [2.75, 3.05) is 25.0 Å². The zero-order valence-corrected chi connectivity index (χ0v) is 16.0. The second kappa shape index (κ2) is 9.35. The van der Waals surface area contributed by atoms with Gasteiger partial charge in [-0.25, -0.2) is 4.39 Å². The van der Waals surface area contributed by atoms with E-state index >= 15 is 0 Å². The van der Waals surface area contributed by atoms with E-state index in [1.807, 2.05) is 11.8 Å². The maximum absolute atomic E-state index is 13.1. The molecule has 1 fully saturated rings. The Morgan fingerprint density at radius 3 is 2.64 bits per heavy atom. The van der Waals surface area contributed by atoms with Crippen LogP contribution >= 0.6 is 0 Å². The summed E-state index contributed by atoms with van der Waals surface area (Å²) in [7, 11) is 0. The van der Waals surface area contributed by atoms with Crippen LogP contribution in [-0.2, 0) is 4.79 Å². The molecule has 0 spiro atoms. The van der Waals surface area contributed by atoms with Crippen LogP contribution in [0.3, 0.4) is 0 Å². The summed E-state index contributed by atoms with van der Waals surface area (Å²) in [4.78, 5) is 26.7. The highest BCUT2D eigenvalue weighted by atomic mass is 19.1. The highest BCUT2D eigenvalue weighted by Crippen LogP contribution is 2.22. The molecule has 0 aromatic heterocycles. The monoisotopic (exact) mass is 384 g/mol. The number of amides is 2. The molecule has 3 rings (SSSR count). The molecule has 5 nitrogen and oxygen atoms in total. The maximum atomic E-state index is 13.1. The molecule has 0 radical (unpaired) electrons. The summed E-state index contributed by atoms with van der Waals surface area (Å²) in [5.41, 5.74) is 2.07. The van der Waals surface area contributed by atoms with E-state index in [1.54, 1.807) is 30.3 Å². The van der Waals surface area contributed by atoms with Gasteiger partial charge in [-0.1, -0.05) is 12.1 Å². The first-order valence-corrected chi connectivity index (χ1v) is 9.62. The van der Waals surface area contributed by atoms with Crippen LogP contribution in [0.1, 0.15) is 41.6 Å². The fourth-order valence-corrected chi connectivity index (χ4v) is 3.29. The maximum Gasteiger partial charge on any atom is 0.254 e. The van der Waals surface area contributed by atoms with Gasteiger partial charge in [0.1, 0.15) is 11.6 Å². The highest BCUT2D eigenvalue weighted by molar-refractivity contribution is 5.99. The summed E-state index contributed by atoms with van der Waals surface area (Å²) >= 11 is 0. The number of carbonyl (C=O) groups excluding carboxylic acids is 2. The van der Waals surface area contributed by atoms with Gasteiger partial charge in [0.05, 0.1) is 6.61 Å². The molecular weight excluding hydrogens is 359 g/mol. The number of halogens is 1. The summed E-state index contributed by atoms with van der Waals surface area (Å²) in [5.74, 6) is -0.0234. The van der Waals surface area contributed by atoms with Gasteiger partial charge in [0.15, 0.2) is 0 Å². The quantitative estimate of drug-likeness (QED) is 0.729. The zero-order valence-electron chi connectivity index (χ0n) is 16.0. The van der Waals surface area contributed by atoms with E-state index in [-0.39, 0.29) is 24.1 Å². The first-order valence-electron chi connectivity index (χ1n) is 9.62. The number of nitrogens with zero attached hydrogens (tertiary/aromatic N) is 1. The molecule has 2 amide bonds. The molecular formula is C22H25FN2O3. The predicted molar refractivity (Wildman–Crippen MR) is 106 cm³/mol. The Morgan fingerprint density at radius 1 is 1.14 bits per heavy atom. The molecule has 0 atom stereocenters. The minimum atomic E-state index is -0.353. The second-order valence-corrected chi connectivity index (χ2v) is 6.94. The first-order chi connectivity index (χ1) is 13.5. The number of carbonyl (C=O) groups is 2. The van der Waals surface area contributed by atoms with Crippen molar-refractivity contribution in [1.82, 2.24) is 4.90 Å². The summed E-state index contributed by atoms with van der Waals surface area (Å²) in [6.07, 6.45) is 2.87. The van der Waals surface area contributed by atoms with Gasteiger partial charge in [-0.15, -0.1) is 0 Å². The Balaban J connectivity index is 1.51. The number of anilines is 1. The number of nitrogens with one attached hydrogen (secondary N) is 1. The van der Waals surface area contributed by atoms with Crippen LogP contribution in [0.4, 0.5) is 10.1 Å². The zero-order chi connectivity index (χ0) is 19.9. The predicted octanol–water partition coefficient (Wildman–Crippen LogP) is 4.17. The molecule has 1 aliphatic rings. The van der Waals surface area contributed by atoms with Crippen LogP contribution < -0.4 is 10.1 Å².